The molecule has 4 N–H and O–H groups in total. The van der Waals surface area contributed by atoms with E-state index >= 15 is 0 Å². The summed E-state index contributed by atoms with van der Waals surface area (Å²) in [6, 6.07) is 10.7. The molecular formula is C26H26Cl2N6O4. The molecule has 2 aromatic heterocycles. The van der Waals surface area contributed by atoms with Crippen molar-refractivity contribution >= 4 is 57.5 Å². The summed E-state index contributed by atoms with van der Waals surface area (Å²) in [5.41, 5.74) is 7.16. The van der Waals surface area contributed by atoms with Crippen molar-refractivity contribution < 1.29 is 19.1 Å². The zero-order valence-electron chi connectivity index (χ0n) is 21.3. The number of primary amides is 1. The minimum absolute atomic E-state index is 0.162. The fraction of sp³-hybridized carbons (Fsp3) is 0.231. The van der Waals surface area contributed by atoms with Gasteiger partial charge in [-0.25, -0.2) is 9.78 Å². The number of anilines is 2. The van der Waals surface area contributed by atoms with Crippen molar-refractivity contribution in [1.29, 1.82) is 0 Å². The minimum Gasteiger partial charge on any atom is -0.496 e. The highest BCUT2D eigenvalue weighted by Crippen LogP contribution is 2.37. The molecule has 2 aromatic carbocycles. The second kappa shape index (κ2) is 10.4. The lowest BCUT2D eigenvalue weighted by molar-refractivity contribution is 0.0997. The summed E-state index contributed by atoms with van der Waals surface area (Å²) in [6.07, 6.45) is 0. The first-order valence-corrected chi connectivity index (χ1v) is 12.2. The van der Waals surface area contributed by atoms with Gasteiger partial charge in [0.1, 0.15) is 28.2 Å². The Morgan fingerprint density at radius 1 is 1.03 bits per heavy atom. The number of carbonyl (C=O) groups is 2. The Labute approximate surface area is 229 Å². The van der Waals surface area contributed by atoms with Gasteiger partial charge in [0, 0.05) is 42.1 Å². The third-order valence-electron chi connectivity index (χ3n) is 5.63. The maximum Gasteiger partial charge on any atom is 0.324 e. The summed E-state index contributed by atoms with van der Waals surface area (Å²) in [5, 5.41) is 10.8. The number of nitrogens with one attached hydrogen (secondary N) is 2. The topological polar surface area (TPSA) is 133 Å². The van der Waals surface area contributed by atoms with E-state index in [1.54, 1.807) is 29.9 Å². The van der Waals surface area contributed by atoms with Crippen LogP contribution in [0, 0.1) is 0 Å². The highest BCUT2D eigenvalue weighted by Gasteiger charge is 2.20. The van der Waals surface area contributed by atoms with Crippen molar-refractivity contribution in [3.05, 3.63) is 63.9 Å². The maximum absolute atomic E-state index is 12.6. The molecule has 0 fully saturated rings. The Morgan fingerprint density at radius 3 is 2.37 bits per heavy atom. The average molecular weight is 557 g/mol. The van der Waals surface area contributed by atoms with Gasteiger partial charge in [-0.2, -0.15) is 5.10 Å². The second-order valence-electron chi connectivity index (χ2n) is 9.49. The fourth-order valence-electron chi connectivity index (χ4n) is 3.65. The molecule has 0 aliphatic rings. The van der Waals surface area contributed by atoms with Gasteiger partial charge in [0.25, 0.3) is 5.91 Å². The third-order valence-corrected chi connectivity index (χ3v) is 6.14. The molecule has 38 heavy (non-hydrogen) atoms. The van der Waals surface area contributed by atoms with Gasteiger partial charge in [0.2, 0.25) is 0 Å². The molecule has 3 amide bonds. The Kier molecular flexibility index (Phi) is 7.39. The van der Waals surface area contributed by atoms with Gasteiger partial charge in [-0.3, -0.25) is 14.8 Å². The van der Waals surface area contributed by atoms with Gasteiger partial charge in [0.05, 0.1) is 34.6 Å². The van der Waals surface area contributed by atoms with Crippen LogP contribution < -0.4 is 25.8 Å². The zero-order valence-corrected chi connectivity index (χ0v) is 22.9. The zero-order chi connectivity index (χ0) is 27.8. The number of rotatable bonds is 6. The molecule has 2 heterocycles. The number of ether oxygens (including phenoxy) is 2. The van der Waals surface area contributed by atoms with E-state index in [4.69, 9.17) is 38.4 Å². The average Bonchev–Trinajstić information content (AvgIpc) is 3.20. The highest BCUT2D eigenvalue weighted by molar-refractivity contribution is 6.34. The fourth-order valence-corrected chi connectivity index (χ4v) is 4.05. The number of nitrogens with two attached hydrogens (primary N) is 1. The molecule has 0 aliphatic heterocycles. The van der Waals surface area contributed by atoms with Crippen molar-refractivity contribution in [3.8, 4) is 17.2 Å². The number of benzene rings is 2. The van der Waals surface area contributed by atoms with Crippen LogP contribution in [0.1, 0.15) is 36.8 Å². The van der Waals surface area contributed by atoms with Crippen LogP contribution in [0.5, 0.6) is 17.2 Å². The summed E-state index contributed by atoms with van der Waals surface area (Å²) in [7, 11) is 3.18. The van der Waals surface area contributed by atoms with E-state index in [1.807, 2.05) is 26.8 Å². The van der Waals surface area contributed by atoms with E-state index in [2.05, 4.69) is 20.7 Å². The summed E-state index contributed by atoms with van der Waals surface area (Å²) in [5.74, 6) is 0.829. The maximum atomic E-state index is 12.6. The van der Waals surface area contributed by atoms with E-state index in [0.29, 0.717) is 33.9 Å². The normalized spacial score (nSPS) is 11.3. The van der Waals surface area contributed by atoms with Crippen LogP contribution in [0.15, 0.2) is 42.5 Å². The SMILES string of the molecule is COc1cc2nc(Cl)cc(Oc3ccc(NC(=O)Nc4cc(C(C)(C)C)nn4C)c(Cl)c3)c2cc1C(N)=O. The van der Waals surface area contributed by atoms with E-state index < -0.39 is 11.9 Å². The van der Waals surface area contributed by atoms with Crippen LogP contribution in [0.4, 0.5) is 16.3 Å². The van der Waals surface area contributed by atoms with Crippen LogP contribution in [0.25, 0.3) is 10.9 Å². The van der Waals surface area contributed by atoms with Gasteiger partial charge < -0.3 is 20.5 Å². The predicted octanol–water partition coefficient (Wildman–Crippen LogP) is 6.12. The number of aromatic nitrogens is 3. The molecule has 198 valence electrons. The van der Waals surface area contributed by atoms with Crippen LogP contribution in [-0.4, -0.2) is 33.8 Å². The van der Waals surface area contributed by atoms with Gasteiger partial charge in [-0.05, 0) is 18.2 Å². The number of hydrogen-bond acceptors (Lipinski definition) is 6. The molecule has 0 bridgehead atoms. The van der Waals surface area contributed by atoms with Crippen molar-refractivity contribution in [2.45, 2.75) is 26.2 Å². The van der Waals surface area contributed by atoms with E-state index in [1.165, 1.54) is 25.3 Å². The third kappa shape index (κ3) is 5.76. The lowest BCUT2D eigenvalue weighted by Gasteiger charge is -2.14. The van der Waals surface area contributed by atoms with Crippen LogP contribution in [0.2, 0.25) is 10.2 Å². The van der Waals surface area contributed by atoms with Crippen molar-refractivity contribution in [2.75, 3.05) is 17.7 Å². The molecule has 0 radical (unpaired) electrons. The first-order chi connectivity index (χ1) is 17.8. The van der Waals surface area contributed by atoms with E-state index in [0.717, 1.165) is 5.69 Å². The van der Waals surface area contributed by atoms with Crippen molar-refractivity contribution in [1.82, 2.24) is 14.8 Å². The Hall–Kier alpha value is -4.02. The molecule has 4 aromatic rings. The molecule has 0 atom stereocenters. The first-order valence-electron chi connectivity index (χ1n) is 11.4. The largest absolute Gasteiger partial charge is 0.496 e. The smallest absolute Gasteiger partial charge is 0.324 e. The minimum atomic E-state index is -0.665. The number of amides is 3. The van der Waals surface area contributed by atoms with Gasteiger partial charge in [-0.1, -0.05) is 44.0 Å². The summed E-state index contributed by atoms with van der Waals surface area (Å²) in [6.45, 7) is 6.12. The molecule has 0 unspecified atom stereocenters. The van der Waals surface area contributed by atoms with Crippen LogP contribution in [0.3, 0.4) is 0 Å². The monoisotopic (exact) mass is 556 g/mol. The Morgan fingerprint density at radius 2 is 1.76 bits per heavy atom. The van der Waals surface area contributed by atoms with E-state index in [-0.39, 0.29) is 26.9 Å². The number of hydrogen-bond donors (Lipinski definition) is 3. The number of methoxy groups -OCH3 is 1. The van der Waals surface area contributed by atoms with Crippen molar-refractivity contribution in [2.24, 2.45) is 12.8 Å². The summed E-state index contributed by atoms with van der Waals surface area (Å²) < 4.78 is 12.9. The lowest BCUT2D eigenvalue weighted by Crippen LogP contribution is -2.21. The van der Waals surface area contributed by atoms with Crippen molar-refractivity contribution in [3.63, 3.8) is 0 Å². The predicted molar refractivity (Wildman–Crippen MR) is 148 cm³/mol. The molecule has 0 aliphatic carbocycles. The number of nitrogens with zero attached hydrogens (tertiary/aromatic N) is 3. The molecule has 0 spiro atoms. The number of aryl methyl sites for hydroxylation is 1. The van der Waals surface area contributed by atoms with Gasteiger partial charge in [0.15, 0.2) is 0 Å². The molecule has 4 rings (SSSR count). The van der Waals surface area contributed by atoms with Gasteiger partial charge in [-0.15, -0.1) is 0 Å². The van der Waals surface area contributed by atoms with Gasteiger partial charge >= 0.3 is 6.03 Å². The number of carbonyl (C=O) groups excluding carboxylic acids is 2. The lowest BCUT2D eigenvalue weighted by atomic mass is 9.92. The first kappa shape index (κ1) is 27.0. The molecule has 10 nitrogen and oxygen atoms in total. The summed E-state index contributed by atoms with van der Waals surface area (Å²) in [4.78, 5) is 28.8. The molecule has 0 saturated carbocycles. The standard InChI is InChI=1S/C26H26Cl2N6O4/c1-26(2,3)21-12-23(34(4)33-21)32-25(36)31-17-7-6-13(8-16(17)27)38-20-11-22(28)30-18-10-19(37-5)15(24(29)35)9-14(18)20/h6-12H,1-5H3,(H2,29,35)(H2,31,32,36). The molecule has 0 saturated heterocycles. The Balaban J connectivity index is 1.55. The number of fused-ring (bicyclic) bond motifs is 1. The number of pyridine rings is 1. The molecule has 12 heteroatoms. The number of halogens is 2. The quantitative estimate of drug-likeness (QED) is 0.245. The summed E-state index contributed by atoms with van der Waals surface area (Å²) >= 11 is 12.6. The Bertz CT molecular complexity index is 1560. The van der Waals surface area contributed by atoms with Crippen LogP contribution >= 0.6 is 23.2 Å². The second-order valence-corrected chi connectivity index (χ2v) is 10.3. The van der Waals surface area contributed by atoms with Crippen LogP contribution in [-0.2, 0) is 12.5 Å². The highest BCUT2D eigenvalue weighted by atomic mass is 35.5. The number of urea groups is 1. The molecular weight excluding hydrogens is 531 g/mol. The van der Waals surface area contributed by atoms with E-state index in [9.17, 15) is 9.59 Å².